The number of ether oxygens (including phenoxy) is 1. The number of sulfonamides is 1. The van der Waals surface area contributed by atoms with Crippen LogP contribution in [0.1, 0.15) is 31.4 Å². The topological polar surface area (TPSA) is 66.9 Å². The van der Waals surface area contributed by atoms with Crippen molar-refractivity contribution >= 4 is 27.5 Å². The molecule has 2 heterocycles. The van der Waals surface area contributed by atoms with Crippen LogP contribution >= 0.6 is 11.6 Å². The minimum absolute atomic E-state index is 0.0404. The number of carbonyl (C=O) groups is 1. The number of piperidine rings is 1. The second kappa shape index (κ2) is 9.47. The van der Waals surface area contributed by atoms with Gasteiger partial charge < -0.3 is 9.64 Å². The maximum atomic E-state index is 13.4. The van der Waals surface area contributed by atoms with E-state index in [9.17, 15) is 17.6 Å². The molecule has 9 heteroatoms. The van der Waals surface area contributed by atoms with Crippen molar-refractivity contribution in [1.29, 1.82) is 0 Å². The van der Waals surface area contributed by atoms with Crippen molar-refractivity contribution in [3.8, 4) is 0 Å². The van der Waals surface area contributed by atoms with E-state index in [1.54, 1.807) is 0 Å². The third-order valence-corrected chi connectivity index (χ3v) is 8.26. The Bertz CT molecular complexity index is 1070. The second-order valence-corrected chi connectivity index (χ2v) is 10.7. The molecule has 0 bridgehead atoms. The summed E-state index contributed by atoms with van der Waals surface area (Å²) in [6.07, 6.45) is 0.623. The molecular weight excluding hydrogens is 455 g/mol. The van der Waals surface area contributed by atoms with Crippen LogP contribution in [0.15, 0.2) is 53.4 Å². The van der Waals surface area contributed by atoms with Crippen LogP contribution in [0.4, 0.5) is 4.39 Å². The number of amides is 1. The van der Waals surface area contributed by atoms with Crippen molar-refractivity contribution in [2.24, 2.45) is 5.92 Å². The van der Waals surface area contributed by atoms with Gasteiger partial charge in [0, 0.05) is 25.6 Å². The standard InChI is InChI=1S/C23H26ClFN2O4S/c1-16-14-26(15-22(31-16)17-5-3-2-4-6-17)23(28)18-9-11-27(12-10-18)32(29,30)19-7-8-21(25)20(24)13-19/h2-8,13,16,18,22H,9-12,14-15H2,1H3. The van der Waals surface area contributed by atoms with Gasteiger partial charge in [0.05, 0.1) is 22.6 Å². The Morgan fingerprint density at radius 2 is 1.78 bits per heavy atom. The summed E-state index contributed by atoms with van der Waals surface area (Å²) in [6.45, 7) is 3.43. The number of nitrogens with zero attached hydrogens (tertiary/aromatic N) is 2. The fraction of sp³-hybridized carbons (Fsp3) is 0.435. The Morgan fingerprint density at radius 1 is 1.09 bits per heavy atom. The fourth-order valence-electron chi connectivity index (χ4n) is 4.37. The lowest BCUT2D eigenvalue weighted by Gasteiger charge is -2.40. The van der Waals surface area contributed by atoms with E-state index >= 15 is 0 Å². The average molecular weight is 481 g/mol. The summed E-state index contributed by atoms with van der Waals surface area (Å²) in [5, 5.41) is -0.231. The van der Waals surface area contributed by atoms with E-state index in [-0.39, 0.29) is 47.0 Å². The summed E-state index contributed by atoms with van der Waals surface area (Å²) in [7, 11) is -3.79. The lowest BCUT2D eigenvalue weighted by molar-refractivity contribution is -0.150. The van der Waals surface area contributed by atoms with Gasteiger partial charge in [-0.1, -0.05) is 41.9 Å². The third-order valence-electron chi connectivity index (χ3n) is 6.08. The van der Waals surface area contributed by atoms with Crippen LogP contribution in [0.25, 0.3) is 0 Å². The average Bonchev–Trinajstić information content (AvgIpc) is 2.80. The molecule has 2 unspecified atom stereocenters. The zero-order valence-corrected chi connectivity index (χ0v) is 19.4. The molecular formula is C23H26ClFN2O4S. The lowest BCUT2D eigenvalue weighted by Crippen LogP contribution is -2.50. The normalized spacial score (nSPS) is 23.3. The van der Waals surface area contributed by atoms with E-state index in [1.165, 1.54) is 10.4 Å². The summed E-state index contributed by atoms with van der Waals surface area (Å²) >= 11 is 5.76. The van der Waals surface area contributed by atoms with Gasteiger partial charge in [-0.05, 0) is 43.5 Å². The van der Waals surface area contributed by atoms with Crippen LogP contribution in [0.3, 0.4) is 0 Å². The number of hydrogen-bond donors (Lipinski definition) is 0. The van der Waals surface area contributed by atoms with E-state index in [0.29, 0.717) is 25.9 Å². The molecule has 0 spiro atoms. The molecule has 0 radical (unpaired) electrons. The zero-order valence-electron chi connectivity index (χ0n) is 17.8. The largest absolute Gasteiger partial charge is 0.367 e. The molecule has 0 aromatic heterocycles. The maximum Gasteiger partial charge on any atom is 0.243 e. The van der Waals surface area contributed by atoms with Crippen molar-refractivity contribution in [3.05, 3.63) is 64.9 Å². The number of morpholine rings is 1. The van der Waals surface area contributed by atoms with Crippen LogP contribution in [-0.2, 0) is 19.6 Å². The fourth-order valence-corrected chi connectivity index (χ4v) is 6.11. The Balaban J connectivity index is 1.40. The summed E-state index contributed by atoms with van der Waals surface area (Å²) in [6, 6.07) is 13.2. The van der Waals surface area contributed by atoms with Gasteiger partial charge in [0.25, 0.3) is 0 Å². The Kier molecular flexibility index (Phi) is 6.86. The van der Waals surface area contributed by atoms with Crippen LogP contribution in [0, 0.1) is 11.7 Å². The molecule has 4 rings (SSSR count). The first-order chi connectivity index (χ1) is 15.3. The molecule has 172 valence electrons. The molecule has 32 heavy (non-hydrogen) atoms. The van der Waals surface area contributed by atoms with Gasteiger partial charge in [-0.2, -0.15) is 4.31 Å². The summed E-state index contributed by atoms with van der Waals surface area (Å²) < 4.78 is 46.6. The first-order valence-corrected chi connectivity index (χ1v) is 12.5. The number of halogens is 2. The number of carbonyl (C=O) groups excluding carboxylic acids is 1. The third kappa shape index (κ3) is 4.83. The summed E-state index contributed by atoms with van der Waals surface area (Å²) in [4.78, 5) is 15.0. The summed E-state index contributed by atoms with van der Waals surface area (Å²) in [5.41, 5.74) is 1.04. The summed E-state index contributed by atoms with van der Waals surface area (Å²) in [5.74, 6) is -0.855. The van der Waals surface area contributed by atoms with Crippen molar-refractivity contribution in [2.45, 2.75) is 36.9 Å². The minimum atomic E-state index is -3.79. The highest BCUT2D eigenvalue weighted by molar-refractivity contribution is 7.89. The van der Waals surface area contributed by atoms with E-state index < -0.39 is 15.8 Å². The lowest BCUT2D eigenvalue weighted by atomic mass is 9.95. The Hall–Kier alpha value is -2.00. The predicted molar refractivity (Wildman–Crippen MR) is 119 cm³/mol. The van der Waals surface area contributed by atoms with Gasteiger partial charge in [-0.3, -0.25) is 4.79 Å². The zero-order chi connectivity index (χ0) is 22.9. The van der Waals surface area contributed by atoms with Crippen LogP contribution in [-0.4, -0.2) is 55.8 Å². The van der Waals surface area contributed by atoms with Crippen molar-refractivity contribution in [3.63, 3.8) is 0 Å². The van der Waals surface area contributed by atoms with Gasteiger partial charge in [0.2, 0.25) is 15.9 Å². The van der Waals surface area contributed by atoms with Crippen molar-refractivity contribution < 1.29 is 22.3 Å². The molecule has 0 saturated carbocycles. The molecule has 2 aliphatic rings. The Morgan fingerprint density at radius 3 is 2.44 bits per heavy atom. The maximum absolute atomic E-state index is 13.4. The quantitative estimate of drug-likeness (QED) is 0.666. The van der Waals surface area contributed by atoms with E-state index in [1.807, 2.05) is 42.2 Å². The molecule has 2 fully saturated rings. The first-order valence-electron chi connectivity index (χ1n) is 10.7. The highest BCUT2D eigenvalue weighted by atomic mass is 35.5. The molecule has 2 atom stereocenters. The minimum Gasteiger partial charge on any atom is -0.367 e. The highest BCUT2D eigenvalue weighted by Crippen LogP contribution is 2.30. The molecule has 2 aromatic rings. The predicted octanol–water partition coefficient (Wildman–Crippen LogP) is 3.87. The number of hydrogen-bond acceptors (Lipinski definition) is 4. The van der Waals surface area contributed by atoms with Gasteiger partial charge >= 0.3 is 0 Å². The van der Waals surface area contributed by atoms with Crippen LogP contribution < -0.4 is 0 Å². The van der Waals surface area contributed by atoms with Crippen molar-refractivity contribution in [1.82, 2.24) is 9.21 Å². The smallest absolute Gasteiger partial charge is 0.243 e. The van der Waals surface area contributed by atoms with Gasteiger partial charge in [-0.25, -0.2) is 12.8 Å². The SMILES string of the molecule is CC1CN(C(=O)C2CCN(S(=O)(=O)c3ccc(F)c(Cl)c3)CC2)CC(c2ccccc2)O1. The van der Waals surface area contributed by atoms with Gasteiger partial charge in [0.1, 0.15) is 11.9 Å². The molecule has 2 saturated heterocycles. The van der Waals surface area contributed by atoms with Crippen molar-refractivity contribution in [2.75, 3.05) is 26.2 Å². The Labute approximate surface area is 193 Å². The first kappa shape index (κ1) is 23.2. The van der Waals surface area contributed by atoms with Crippen LogP contribution in [0.5, 0.6) is 0 Å². The van der Waals surface area contributed by atoms with Gasteiger partial charge in [0.15, 0.2) is 0 Å². The molecule has 6 nitrogen and oxygen atoms in total. The number of benzene rings is 2. The molecule has 0 N–H and O–H groups in total. The molecule has 2 aromatic carbocycles. The number of rotatable bonds is 4. The van der Waals surface area contributed by atoms with E-state index in [4.69, 9.17) is 16.3 Å². The molecule has 1 amide bonds. The molecule has 0 aliphatic carbocycles. The van der Waals surface area contributed by atoms with Crippen LogP contribution in [0.2, 0.25) is 5.02 Å². The molecule has 2 aliphatic heterocycles. The van der Waals surface area contributed by atoms with E-state index in [2.05, 4.69) is 0 Å². The monoisotopic (exact) mass is 480 g/mol. The van der Waals surface area contributed by atoms with Gasteiger partial charge in [-0.15, -0.1) is 0 Å². The second-order valence-electron chi connectivity index (χ2n) is 8.34. The van der Waals surface area contributed by atoms with E-state index in [0.717, 1.165) is 17.7 Å². The highest BCUT2D eigenvalue weighted by Gasteiger charge is 2.37.